The first-order chi connectivity index (χ1) is 12.1. The lowest BCUT2D eigenvalue weighted by Gasteiger charge is -2.07. The lowest BCUT2D eigenvalue weighted by Crippen LogP contribution is -2.27. The Hall–Kier alpha value is -3.15. The summed E-state index contributed by atoms with van der Waals surface area (Å²) in [6.07, 6.45) is 0.384. The SMILES string of the molecule is COc1ccc2[nH]c(=O)c(CCNC(=O)c3ccc(F)cc3)cc2c1. The van der Waals surface area contributed by atoms with Crippen molar-refractivity contribution in [2.75, 3.05) is 13.7 Å². The predicted molar refractivity (Wildman–Crippen MR) is 93.6 cm³/mol. The Labute approximate surface area is 143 Å². The number of amides is 1. The molecule has 0 radical (unpaired) electrons. The van der Waals surface area contributed by atoms with Crippen LogP contribution in [0.15, 0.2) is 53.3 Å². The molecule has 0 aliphatic carbocycles. The van der Waals surface area contributed by atoms with Crippen molar-refractivity contribution < 1.29 is 13.9 Å². The third kappa shape index (κ3) is 3.85. The number of aromatic amines is 1. The summed E-state index contributed by atoms with van der Waals surface area (Å²) in [5.41, 5.74) is 1.48. The van der Waals surface area contributed by atoms with Gasteiger partial charge in [0.05, 0.1) is 7.11 Å². The van der Waals surface area contributed by atoms with E-state index in [1.54, 1.807) is 25.3 Å². The number of ether oxygens (including phenoxy) is 1. The third-order valence-electron chi connectivity index (χ3n) is 3.91. The second-order valence-electron chi connectivity index (χ2n) is 5.59. The number of halogens is 1. The number of benzene rings is 2. The molecule has 0 saturated carbocycles. The quantitative estimate of drug-likeness (QED) is 0.750. The number of pyridine rings is 1. The first-order valence-corrected chi connectivity index (χ1v) is 7.80. The van der Waals surface area contributed by atoms with E-state index in [0.717, 1.165) is 10.9 Å². The normalized spacial score (nSPS) is 10.6. The molecular weight excluding hydrogens is 323 g/mol. The van der Waals surface area contributed by atoms with Crippen molar-refractivity contribution in [2.45, 2.75) is 6.42 Å². The summed E-state index contributed by atoms with van der Waals surface area (Å²) >= 11 is 0. The van der Waals surface area contributed by atoms with E-state index in [9.17, 15) is 14.0 Å². The van der Waals surface area contributed by atoms with Gasteiger partial charge in [0.2, 0.25) is 0 Å². The molecule has 3 aromatic rings. The van der Waals surface area contributed by atoms with Gasteiger partial charge in [-0.1, -0.05) is 0 Å². The monoisotopic (exact) mass is 340 g/mol. The molecule has 1 aromatic heterocycles. The van der Waals surface area contributed by atoms with Crippen LogP contribution in [0.1, 0.15) is 15.9 Å². The Balaban J connectivity index is 1.70. The van der Waals surface area contributed by atoms with Crippen molar-refractivity contribution in [3.63, 3.8) is 0 Å². The first-order valence-electron chi connectivity index (χ1n) is 7.80. The first kappa shape index (κ1) is 16.7. The van der Waals surface area contributed by atoms with Crippen molar-refractivity contribution in [2.24, 2.45) is 0 Å². The van der Waals surface area contributed by atoms with Gasteiger partial charge in [0.25, 0.3) is 11.5 Å². The molecule has 0 atom stereocenters. The van der Waals surface area contributed by atoms with E-state index in [0.29, 0.717) is 29.8 Å². The minimum absolute atomic E-state index is 0.186. The van der Waals surface area contributed by atoms with Crippen LogP contribution >= 0.6 is 0 Å². The largest absolute Gasteiger partial charge is 0.497 e. The van der Waals surface area contributed by atoms with E-state index in [1.165, 1.54) is 24.3 Å². The van der Waals surface area contributed by atoms with E-state index >= 15 is 0 Å². The van der Waals surface area contributed by atoms with Crippen LogP contribution in [0.4, 0.5) is 4.39 Å². The summed E-state index contributed by atoms with van der Waals surface area (Å²) in [6, 6.07) is 12.5. The molecule has 3 rings (SSSR count). The maximum Gasteiger partial charge on any atom is 0.251 e. The highest BCUT2D eigenvalue weighted by atomic mass is 19.1. The van der Waals surface area contributed by atoms with Crippen LogP contribution in [-0.2, 0) is 6.42 Å². The fraction of sp³-hybridized carbons (Fsp3) is 0.158. The average Bonchev–Trinajstić information content (AvgIpc) is 2.62. The van der Waals surface area contributed by atoms with Gasteiger partial charge in [-0.25, -0.2) is 4.39 Å². The third-order valence-corrected chi connectivity index (χ3v) is 3.91. The van der Waals surface area contributed by atoms with Gasteiger partial charge >= 0.3 is 0 Å². The standard InChI is InChI=1S/C19H17FN2O3/c1-25-16-6-7-17-14(11-16)10-13(19(24)22-17)8-9-21-18(23)12-2-4-15(20)5-3-12/h2-7,10-11H,8-9H2,1H3,(H,21,23)(H,22,24). The van der Waals surface area contributed by atoms with E-state index in [4.69, 9.17) is 4.74 Å². The smallest absolute Gasteiger partial charge is 0.251 e. The average molecular weight is 340 g/mol. The number of rotatable bonds is 5. The second kappa shape index (κ2) is 7.17. The Morgan fingerprint density at radius 3 is 2.64 bits per heavy atom. The van der Waals surface area contributed by atoms with Gasteiger partial charge in [0, 0.05) is 28.6 Å². The maximum atomic E-state index is 12.9. The van der Waals surface area contributed by atoms with E-state index in [-0.39, 0.29) is 11.5 Å². The van der Waals surface area contributed by atoms with Gasteiger partial charge in [-0.2, -0.15) is 0 Å². The van der Waals surface area contributed by atoms with E-state index in [1.807, 2.05) is 6.07 Å². The fourth-order valence-corrected chi connectivity index (χ4v) is 2.56. The summed E-state index contributed by atoms with van der Waals surface area (Å²) in [5.74, 6) is 0.00340. The molecule has 128 valence electrons. The van der Waals surface area contributed by atoms with Gasteiger partial charge in [0.1, 0.15) is 11.6 Å². The molecule has 2 N–H and O–H groups in total. The van der Waals surface area contributed by atoms with Crippen LogP contribution in [0.3, 0.4) is 0 Å². The molecule has 0 aliphatic rings. The summed E-state index contributed by atoms with van der Waals surface area (Å²) < 4.78 is 18.1. The lowest BCUT2D eigenvalue weighted by molar-refractivity contribution is 0.0954. The Morgan fingerprint density at radius 1 is 1.16 bits per heavy atom. The van der Waals surface area contributed by atoms with E-state index < -0.39 is 5.82 Å². The highest BCUT2D eigenvalue weighted by Gasteiger charge is 2.07. The summed E-state index contributed by atoms with van der Waals surface area (Å²) in [5, 5.41) is 3.59. The number of H-pyrrole nitrogens is 1. The number of carbonyl (C=O) groups excluding carboxylic acids is 1. The van der Waals surface area contributed by atoms with Crippen LogP contribution < -0.4 is 15.6 Å². The van der Waals surface area contributed by atoms with Crippen LogP contribution in [0.5, 0.6) is 5.75 Å². The zero-order valence-electron chi connectivity index (χ0n) is 13.6. The predicted octanol–water partition coefficient (Wildman–Crippen LogP) is 2.65. The highest BCUT2D eigenvalue weighted by Crippen LogP contribution is 2.18. The zero-order valence-corrected chi connectivity index (χ0v) is 13.6. The molecule has 1 amide bonds. The summed E-state index contributed by atoms with van der Waals surface area (Å²) in [4.78, 5) is 26.9. The van der Waals surface area contributed by atoms with Crippen molar-refractivity contribution >= 4 is 16.8 Å². The fourth-order valence-electron chi connectivity index (χ4n) is 2.56. The molecule has 25 heavy (non-hydrogen) atoms. The van der Waals surface area contributed by atoms with E-state index in [2.05, 4.69) is 10.3 Å². The molecule has 0 unspecified atom stereocenters. The number of nitrogens with one attached hydrogen (secondary N) is 2. The van der Waals surface area contributed by atoms with Crippen LogP contribution in [0.25, 0.3) is 10.9 Å². The Morgan fingerprint density at radius 2 is 1.92 bits per heavy atom. The number of methoxy groups -OCH3 is 1. The number of hydrogen-bond donors (Lipinski definition) is 2. The minimum atomic E-state index is -0.394. The molecule has 1 heterocycles. The van der Waals surface area contributed by atoms with Crippen molar-refractivity contribution in [1.29, 1.82) is 0 Å². The molecule has 5 nitrogen and oxygen atoms in total. The highest BCUT2D eigenvalue weighted by molar-refractivity contribution is 5.94. The molecule has 0 bridgehead atoms. The summed E-state index contributed by atoms with van der Waals surface area (Å²) in [6.45, 7) is 0.300. The second-order valence-corrected chi connectivity index (χ2v) is 5.59. The molecule has 6 heteroatoms. The maximum absolute atomic E-state index is 12.9. The number of aromatic nitrogens is 1. The number of hydrogen-bond acceptors (Lipinski definition) is 3. The zero-order chi connectivity index (χ0) is 17.8. The minimum Gasteiger partial charge on any atom is -0.497 e. The van der Waals surface area contributed by atoms with Crippen molar-refractivity contribution in [3.05, 3.63) is 75.8 Å². The molecule has 0 saturated heterocycles. The molecule has 2 aromatic carbocycles. The molecular formula is C19H17FN2O3. The van der Waals surface area contributed by atoms with Crippen LogP contribution in [-0.4, -0.2) is 24.5 Å². The lowest BCUT2D eigenvalue weighted by atomic mass is 10.1. The van der Waals surface area contributed by atoms with Crippen molar-refractivity contribution in [1.82, 2.24) is 10.3 Å². The van der Waals surface area contributed by atoms with Crippen molar-refractivity contribution in [3.8, 4) is 5.75 Å². The van der Waals surface area contributed by atoms with Gasteiger partial charge in [-0.15, -0.1) is 0 Å². The molecule has 0 fully saturated rings. The summed E-state index contributed by atoms with van der Waals surface area (Å²) in [7, 11) is 1.58. The topological polar surface area (TPSA) is 71.2 Å². The molecule has 0 spiro atoms. The van der Waals surface area contributed by atoms with Gasteiger partial charge < -0.3 is 15.0 Å². The molecule has 0 aliphatic heterocycles. The van der Waals surface area contributed by atoms with Crippen LogP contribution in [0.2, 0.25) is 0 Å². The number of carbonyl (C=O) groups is 1. The van der Waals surface area contributed by atoms with Gasteiger partial charge in [0.15, 0.2) is 0 Å². The Kier molecular flexibility index (Phi) is 4.79. The van der Waals surface area contributed by atoms with Gasteiger partial charge in [-0.3, -0.25) is 9.59 Å². The van der Waals surface area contributed by atoms with Gasteiger partial charge in [-0.05, 0) is 55.0 Å². The number of fused-ring (bicyclic) bond motifs is 1. The Bertz CT molecular complexity index is 965. The van der Waals surface area contributed by atoms with Crippen LogP contribution in [0, 0.1) is 5.82 Å².